The second kappa shape index (κ2) is 9.34. The molecule has 0 saturated carbocycles. The Morgan fingerprint density at radius 1 is 1.09 bits per heavy atom. The first-order chi connectivity index (χ1) is 16.4. The van der Waals surface area contributed by atoms with Gasteiger partial charge in [-0.1, -0.05) is 30.0 Å². The summed E-state index contributed by atoms with van der Waals surface area (Å²) in [6, 6.07) is 12.2. The molecule has 3 aliphatic heterocycles. The second-order valence-electron chi connectivity index (χ2n) is 9.41. The Bertz CT molecular complexity index is 1050. The number of carbonyl (C=O) groups is 1. The summed E-state index contributed by atoms with van der Waals surface area (Å²) < 4.78 is 12.9. The Labute approximate surface area is 207 Å². The fraction of sp³-hybridized carbons (Fsp3) is 0.423. The highest BCUT2D eigenvalue weighted by molar-refractivity contribution is 7.10. The van der Waals surface area contributed by atoms with E-state index in [0.717, 1.165) is 56.3 Å². The molecule has 2 bridgehead atoms. The van der Waals surface area contributed by atoms with Crippen LogP contribution in [0.25, 0.3) is 0 Å². The van der Waals surface area contributed by atoms with Gasteiger partial charge in [0.2, 0.25) is 5.60 Å². The Hall–Kier alpha value is -2.39. The lowest BCUT2D eigenvalue weighted by molar-refractivity contribution is -0.944. The highest BCUT2D eigenvalue weighted by Crippen LogP contribution is 2.43. The number of hydrogen-bond acceptors (Lipinski definition) is 7. The van der Waals surface area contributed by atoms with Gasteiger partial charge in [0, 0.05) is 31.2 Å². The van der Waals surface area contributed by atoms with Crippen molar-refractivity contribution in [2.24, 2.45) is 0 Å². The van der Waals surface area contributed by atoms with Crippen molar-refractivity contribution in [3.05, 3.63) is 69.0 Å². The number of quaternary nitrogens is 1. The van der Waals surface area contributed by atoms with Crippen molar-refractivity contribution < 1.29 is 29.0 Å². The zero-order valence-electron chi connectivity index (χ0n) is 19.0. The molecule has 6 rings (SSSR count). The maximum absolute atomic E-state index is 13.5. The van der Waals surface area contributed by atoms with Crippen LogP contribution >= 0.6 is 22.7 Å². The van der Waals surface area contributed by atoms with Gasteiger partial charge >= 0.3 is 5.97 Å². The minimum atomic E-state index is -1.76. The molecule has 0 spiro atoms. The molecule has 2 aromatic heterocycles. The predicted molar refractivity (Wildman–Crippen MR) is 130 cm³/mol. The van der Waals surface area contributed by atoms with Crippen molar-refractivity contribution in [2.45, 2.75) is 36.9 Å². The van der Waals surface area contributed by atoms with Crippen LogP contribution < -0.4 is 9.84 Å². The smallest absolute Gasteiger partial charge is 0.349 e. The molecule has 5 heterocycles. The van der Waals surface area contributed by atoms with Crippen molar-refractivity contribution in [1.29, 1.82) is 0 Å². The number of hydrogen-bond donors (Lipinski definition) is 1. The van der Waals surface area contributed by atoms with E-state index in [2.05, 4.69) is 0 Å². The Morgan fingerprint density at radius 2 is 1.85 bits per heavy atom. The van der Waals surface area contributed by atoms with Gasteiger partial charge in [-0.2, -0.15) is 11.3 Å². The van der Waals surface area contributed by atoms with Crippen molar-refractivity contribution in [3.63, 3.8) is 0 Å². The van der Waals surface area contributed by atoms with Gasteiger partial charge in [-0.15, -0.1) is 11.3 Å². The molecule has 6 nitrogen and oxygen atoms in total. The fourth-order valence-electron chi connectivity index (χ4n) is 5.26. The first-order valence-electron chi connectivity index (χ1n) is 11.7. The van der Waals surface area contributed by atoms with Crippen molar-refractivity contribution in [2.75, 3.05) is 32.8 Å². The number of aliphatic hydroxyl groups is 1. The van der Waals surface area contributed by atoms with Crippen LogP contribution in [0.1, 0.15) is 36.1 Å². The average molecular weight is 500 g/mol. The molecule has 3 aliphatic rings. The van der Waals surface area contributed by atoms with Crippen LogP contribution in [0, 0.1) is 0 Å². The van der Waals surface area contributed by atoms with Crippen LogP contribution in [0.5, 0.6) is 11.5 Å². The highest BCUT2D eigenvalue weighted by Gasteiger charge is 2.54. The molecule has 1 aromatic carbocycles. The maximum atomic E-state index is 13.5. The quantitative estimate of drug-likeness (QED) is 0.275. The summed E-state index contributed by atoms with van der Waals surface area (Å²) in [6.45, 7) is 4.34. The second-order valence-corrected chi connectivity index (χ2v) is 11.1. The molecule has 1 N–H and O–H groups in total. The highest BCUT2D eigenvalue weighted by atomic mass is 32.1. The lowest BCUT2D eigenvalue weighted by Gasteiger charge is -2.54. The van der Waals surface area contributed by atoms with E-state index in [-0.39, 0.29) is 5.75 Å². The van der Waals surface area contributed by atoms with Gasteiger partial charge in [0.05, 0.1) is 37.7 Å². The van der Waals surface area contributed by atoms with Crippen LogP contribution in [0.15, 0.2) is 58.6 Å². The van der Waals surface area contributed by atoms with Gasteiger partial charge in [0.1, 0.15) is 11.4 Å². The first-order valence-corrected chi connectivity index (χ1v) is 13.5. The number of benzene rings is 1. The molecule has 1 atom stereocenters. The molecule has 3 saturated heterocycles. The normalized spacial score (nSPS) is 25.6. The van der Waals surface area contributed by atoms with Gasteiger partial charge in [-0.3, -0.25) is 0 Å². The molecule has 0 amide bonds. The molecule has 1 unspecified atom stereocenters. The van der Waals surface area contributed by atoms with E-state index in [0.29, 0.717) is 22.8 Å². The summed E-state index contributed by atoms with van der Waals surface area (Å²) in [5, 5.41) is 28.9. The molecule has 180 valence electrons. The maximum Gasteiger partial charge on any atom is 0.349 e. The van der Waals surface area contributed by atoms with Crippen molar-refractivity contribution >= 4 is 28.6 Å². The molecule has 3 aromatic rings. The third-order valence-electron chi connectivity index (χ3n) is 7.43. The lowest BCUT2D eigenvalue weighted by atomic mass is 9.80. The monoisotopic (exact) mass is 499 g/mol. The van der Waals surface area contributed by atoms with Gasteiger partial charge in [-0.25, -0.2) is 4.79 Å². The molecule has 0 radical (unpaired) electrons. The number of nitrogens with zero attached hydrogens (tertiary/aromatic N) is 1. The number of rotatable bonds is 9. The van der Waals surface area contributed by atoms with Crippen LogP contribution in [0.2, 0.25) is 0 Å². The van der Waals surface area contributed by atoms with Crippen LogP contribution in [-0.2, 0) is 15.1 Å². The Morgan fingerprint density at radius 3 is 2.50 bits per heavy atom. The standard InChI is InChI=1S/C26H29NO5S2/c28-21-5-1-2-6-22(21)31-16-4-12-27-13-9-25(10-14-27,11-15-27)32-24(29)26(30,20-8-18-33-19-20)23-7-3-17-34-23/h1-3,5-8,17-19,30H,4,9-16H2. The minimum Gasteiger partial charge on any atom is -0.870 e. The van der Waals surface area contributed by atoms with Gasteiger partial charge in [0.15, 0.2) is 0 Å². The van der Waals surface area contributed by atoms with E-state index >= 15 is 0 Å². The molecular weight excluding hydrogens is 470 g/mol. The van der Waals surface area contributed by atoms with E-state index in [1.54, 1.807) is 24.3 Å². The van der Waals surface area contributed by atoms with E-state index in [9.17, 15) is 15.0 Å². The number of ether oxygens (including phenoxy) is 2. The van der Waals surface area contributed by atoms with Crippen LogP contribution in [-0.4, -0.2) is 53.9 Å². The molecule has 3 fully saturated rings. The topological polar surface area (TPSA) is 78.8 Å². The third kappa shape index (κ3) is 4.35. The molecule has 8 heteroatoms. The van der Waals surface area contributed by atoms with E-state index < -0.39 is 17.2 Å². The molecular formula is C26H29NO5S2. The zero-order chi connectivity index (χ0) is 23.7. The lowest BCUT2D eigenvalue weighted by Crippen LogP contribution is -2.66. The number of fused-ring (bicyclic) bond motifs is 3. The number of thiophene rings is 2. The summed E-state index contributed by atoms with van der Waals surface area (Å²) in [6.07, 6.45) is 3.27. The predicted octanol–water partition coefficient (Wildman–Crippen LogP) is 3.88. The largest absolute Gasteiger partial charge is 0.870 e. The minimum absolute atomic E-state index is 0.0814. The van der Waals surface area contributed by atoms with E-state index in [1.807, 2.05) is 28.3 Å². The van der Waals surface area contributed by atoms with Crippen molar-refractivity contribution in [3.8, 4) is 11.5 Å². The summed E-state index contributed by atoms with van der Waals surface area (Å²) in [7, 11) is 0. The van der Waals surface area contributed by atoms with Gasteiger partial charge < -0.3 is 24.2 Å². The molecule has 34 heavy (non-hydrogen) atoms. The van der Waals surface area contributed by atoms with E-state index in [1.165, 1.54) is 28.7 Å². The number of carbonyl (C=O) groups excluding carboxylic acids is 1. The van der Waals surface area contributed by atoms with Gasteiger partial charge in [0.25, 0.3) is 0 Å². The fourth-order valence-corrected chi connectivity index (χ4v) is 6.79. The number of para-hydroxylation sites is 2. The first kappa shape index (κ1) is 23.4. The van der Waals surface area contributed by atoms with Crippen molar-refractivity contribution in [1.82, 2.24) is 0 Å². The SMILES string of the molecule is O=C(OC12CC[N+](CCCOc3ccccc3[O-])(CC1)CC2)C(O)(c1ccsc1)c1cccs1. The summed E-state index contributed by atoms with van der Waals surface area (Å²) in [5.41, 5.74) is -1.70. The average Bonchev–Trinajstić information content (AvgIpc) is 3.59. The summed E-state index contributed by atoms with van der Waals surface area (Å²) in [5.74, 6) is -0.239. The Balaban J connectivity index is 1.19. The zero-order valence-corrected chi connectivity index (χ0v) is 20.6. The van der Waals surface area contributed by atoms with Crippen LogP contribution in [0.3, 0.4) is 0 Å². The summed E-state index contributed by atoms with van der Waals surface area (Å²) in [4.78, 5) is 14.0. The third-order valence-corrected chi connectivity index (χ3v) is 9.09. The number of piperidine rings is 3. The number of esters is 1. The summed E-state index contributed by atoms with van der Waals surface area (Å²) >= 11 is 2.82. The molecule has 0 aliphatic carbocycles. The Kier molecular flexibility index (Phi) is 6.41. The van der Waals surface area contributed by atoms with E-state index in [4.69, 9.17) is 9.47 Å². The van der Waals surface area contributed by atoms with Crippen LogP contribution in [0.4, 0.5) is 0 Å². The van der Waals surface area contributed by atoms with Gasteiger partial charge in [-0.05, 0) is 34.3 Å².